The number of halogens is 1. The largest absolute Gasteiger partial charge is 0.362 e. The van der Waals surface area contributed by atoms with Gasteiger partial charge in [-0.1, -0.05) is 15.9 Å². The molecular formula is C20H27BrN6O. The van der Waals surface area contributed by atoms with Gasteiger partial charge < -0.3 is 16.0 Å². The number of primary amides is 1. The van der Waals surface area contributed by atoms with Gasteiger partial charge in [-0.05, 0) is 56.9 Å². The van der Waals surface area contributed by atoms with Crippen LogP contribution >= 0.6 is 15.9 Å². The van der Waals surface area contributed by atoms with E-state index in [9.17, 15) is 4.79 Å². The number of nitrogens with one attached hydrogen (secondary N) is 1. The Morgan fingerprint density at radius 1 is 1.18 bits per heavy atom. The molecule has 1 aromatic heterocycles. The Kier molecular flexibility index (Phi) is 6.39. The van der Waals surface area contributed by atoms with Crippen LogP contribution < -0.4 is 20.9 Å². The molecule has 1 fully saturated rings. The molecule has 1 aliphatic rings. The number of nitrogens with zero attached hydrogens (tertiary/aromatic N) is 4. The molecule has 8 heteroatoms. The van der Waals surface area contributed by atoms with Gasteiger partial charge in [0.25, 0.3) is 0 Å². The second kappa shape index (κ2) is 8.77. The Hall–Kier alpha value is -2.35. The zero-order chi connectivity index (χ0) is 20.3. The van der Waals surface area contributed by atoms with E-state index in [1.54, 1.807) is 4.90 Å². The number of hydrogen-bond acceptors (Lipinski definition) is 5. The maximum Gasteiger partial charge on any atom is 0.319 e. The van der Waals surface area contributed by atoms with Crippen LogP contribution in [0.5, 0.6) is 0 Å². The lowest BCUT2D eigenvalue weighted by atomic mass is 9.90. The summed E-state index contributed by atoms with van der Waals surface area (Å²) >= 11 is 3.43. The second-order valence-corrected chi connectivity index (χ2v) is 8.34. The molecule has 1 aromatic carbocycles. The zero-order valence-corrected chi connectivity index (χ0v) is 18.1. The Morgan fingerprint density at radius 3 is 2.39 bits per heavy atom. The van der Waals surface area contributed by atoms with E-state index in [4.69, 9.17) is 5.73 Å². The second-order valence-electron chi connectivity index (χ2n) is 7.43. The van der Waals surface area contributed by atoms with Crippen molar-refractivity contribution in [2.75, 3.05) is 29.2 Å². The minimum atomic E-state index is -0.406. The average Bonchev–Trinajstić information content (AvgIpc) is 2.66. The van der Waals surface area contributed by atoms with Gasteiger partial charge in [-0.3, -0.25) is 4.90 Å². The molecule has 0 spiro atoms. The van der Waals surface area contributed by atoms with Gasteiger partial charge in [-0.15, -0.1) is 0 Å². The van der Waals surface area contributed by atoms with Crippen molar-refractivity contribution in [3.05, 3.63) is 40.5 Å². The maximum atomic E-state index is 12.1. The van der Waals surface area contributed by atoms with E-state index in [2.05, 4.69) is 31.2 Å². The van der Waals surface area contributed by atoms with E-state index < -0.39 is 6.03 Å². The normalized spacial score (nSPS) is 19.1. The predicted octanol–water partition coefficient (Wildman–Crippen LogP) is 3.92. The lowest BCUT2D eigenvalue weighted by Crippen LogP contribution is -2.46. The van der Waals surface area contributed by atoms with Gasteiger partial charge >= 0.3 is 6.03 Å². The fourth-order valence-corrected chi connectivity index (χ4v) is 4.00. The topological polar surface area (TPSA) is 87.4 Å². The molecule has 1 heterocycles. The number of rotatable bonds is 5. The molecule has 3 N–H and O–H groups in total. The van der Waals surface area contributed by atoms with Crippen LogP contribution in [-0.4, -0.2) is 42.2 Å². The molecule has 0 aliphatic heterocycles. The van der Waals surface area contributed by atoms with Gasteiger partial charge in [-0.2, -0.15) is 4.98 Å². The number of hydrogen-bond donors (Lipinski definition) is 2. The zero-order valence-electron chi connectivity index (χ0n) is 16.5. The predicted molar refractivity (Wildman–Crippen MR) is 117 cm³/mol. The summed E-state index contributed by atoms with van der Waals surface area (Å²) in [4.78, 5) is 24.8. The lowest BCUT2D eigenvalue weighted by Gasteiger charge is -2.36. The number of aromatic nitrogens is 2. The quantitative estimate of drug-likeness (QED) is 0.726. The summed E-state index contributed by atoms with van der Waals surface area (Å²) in [5, 5.41) is 3.45. The van der Waals surface area contributed by atoms with E-state index in [0.717, 1.165) is 47.2 Å². The van der Waals surface area contributed by atoms with E-state index >= 15 is 0 Å². The van der Waals surface area contributed by atoms with Crippen LogP contribution in [0.15, 0.2) is 34.9 Å². The van der Waals surface area contributed by atoms with Crippen LogP contribution in [0, 0.1) is 6.92 Å². The minimum absolute atomic E-state index is 0.105. The highest BCUT2D eigenvalue weighted by atomic mass is 79.9. The van der Waals surface area contributed by atoms with Crippen LogP contribution in [0.3, 0.4) is 0 Å². The van der Waals surface area contributed by atoms with Crippen molar-refractivity contribution in [2.45, 2.75) is 44.7 Å². The van der Waals surface area contributed by atoms with E-state index in [0.29, 0.717) is 5.95 Å². The molecule has 7 nitrogen and oxygen atoms in total. The summed E-state index contributed by atoms with van der Waals surface area (Å²) in [5.41, 5.74) is 7.57. The molecule has 0 atom stereocenters. The van der Waals surface area contributed by atoms with Crippen molar-refractivity contribution in [3.63, 3.8) is 0 Å². The monoisotopic (exact) mass is 446 g/mol. The van der Waals surface area contributed by atoms with Crippen molar-refractivity contribution in [1.29, 1.82) is 0 Å². The highest BCUT2D eigenvalue weighted by Gasteiger charge is 2.29. The van der Waals surface area contributed by atoms with Crippen LogP contribution in [0.1, 0.15) is 31.2 Å². The van der Waals surface area contributed by atoms with Crippen molar-refractivity contribution in [2.24, 2.45) is 5.73 Å². The summed E-state index contributed by atoms with van der Waals surface area (Å²) in [6, 6.07) is 7.67. The fourth-order valence-electron chi connectivity index (χ4n) is 3.74. The van der Waals surface area contributed by atoms with Gasteiger partial charge in [0.05, 0.1) is 0 Å². The maximum absolute atomic E-state index is 12.1. The molecule has 2 amide bonds. The van der Waals surface area contributed by atoms with Gasteiger partial charge in [0, 0.05) is 48.1 Å². The standard InChI is InChI=1S/C20H27BrN6O/c1-13-12-23-20(25-18(13)26(2)3)24-15-6-10-17(11-7-15)27(19(22)28)16-8-4-14(21)5-9-16/h4-5,8-9,12,15,17H,6-7,10-11H2,1-3H3,(H2,22,28)(H,23,24,25). The van der Waals surface area contributed by atoms with Gasteiger partial charge in [-0.25, -0.2) is 9.78 Å². The fraction of sp³-hybridized carbons (Fsp3) is 0.450. The highest BCUT2D eigenvalue weighted by molar-refractivity contribution is 9.10. The summed E-state index contributed by atoms with van der Waals surface area (Å²) in [7, 11) is 3.95. The first-order chi connectivity index (χ1) is 13.3. The molecule has 0 saturated heterocycles. The molecule has 1 aliphatic carbocycles. The third-order valence-electron chi connectivity index (χ3n) is 5.11. The highest BCUT2D eigenvalue weighted by Crippen LogP contribution is 2.29. The molecule has 0 radical (unpaired) electrons. The smallest absolute Gasteiger partial charge is 0.319 e. The molecule has 150 valence electrons. The number of carbonyl (C=O) groups is 1. The van der Waals surface area contributed by atoms with Crippen molar-refractivity contribution >= 4 is 39.4 Å². The average molecular weight is 447 g/mol. The number of anilines is 3. The molecular weight excluding hydrogens is 420 g/mol. The van der Waals surface area contributed by atoms with Crippen LogP contribution in [0.4, 0.5) is 22.2 Å². The first-order valence-corrected chi connectivity index (χ1v) is 10.3. The van der Waals surface area contributed by atoms with Crippen molar-refractivity contribution in [3.8, 4) is 0 Å². The molecule has 0 unspecified atom stereocenters. The first-order valence-electron chi connectivity index (χ1n) is 9.47. The SMILES string of the molecule is Cc1cnc(NC2CCC(N(C(N)=O)c3ccc(Br)cc3)CC2)nc1N(C)C. The molecule has 0 bridgehead atoms. The molecule has 28 heavy (non-hydrogen) atoms. The number of benzene rings is 1. The first kappa shape index (κ1) is 20.4. The molecule has 3 rings (SSSR count). The third kappa shape index (κ3) is 4.73. The van der Waals surface area contributed by atoms with Crippen molar-refractivity contribution < 1.29 is 4.79 Å². The van der Waals surface area contributed by atoms with E-state index in [1.807, 2.05) is 56.4 Å². The summed E-state index contributed by atoms with van der Waals surface area (Å²) in [6.45, 7) is 2.00. The number of nitrogens with two attached hydrogens (primary N) is 1. The van der Waals surface area contributed by atoms with Gasteiger partial charge in [0.15, 0.2) is 0 Å². The summed E-state index contributed by atoms with van der Waals surface area (Å²) < 4.78 is 0.976. The van der Waals surface area contributed by atoms with Gasteiger partial charge in [0.2, 0.25) is 5.95 Å². The Morgan fingerprint density at radius 2 is 1.82 bits per heavy atom. The van der Waals surface area contributed by atoms with Crippen molar-refractivity contribution in [1.82, 2.24) is 9.97 Å². The molecule has 2 aromatic rings. The summed E-state index contributed by atoms with van der Waals surface area (Å²) in [5.74, 6) is 1.57. The summed E-state index contributed by atoms with van der Waals surface area (Å²) in [6.07, 6.45) is 5.46. The van der Waals surface area contributed by atoms with Gasteiger partial charge in [0.1, 0.15) is 5.82 Å². The number of aryl methyl sites for hydroxylation is 1. The number of carbonyl (C=O) groups excluding carboxylic acids is 1. The van der Waals surface area contributed by atoms with Crippen LogP contribution in [0.2, 0.25) is 0 Å². The number of amides is 2. The Bertz CT molecular complexity index is 818. The molecule has 1 saturated carbocycles. The Balaban J connectivity index is 1.64. The van der Waals surface area contributed by atoms with E-state index in [1.165, 1.54) is 0 Å². The van der Waals surface area contributed by atoms with E-state index in [-0.39, 0.29) is 12.1 Å². The van der Waals surface area contributed by atoms with Crippen LogP contribution in [-0.2, 0) is 0 Å². The minimum Gasteiger partial charge on any atom is -0.362 e. The van der Waals surface area contributed by atoms with Crippen LogP contribution in [0.25, 0.3) is 0 Å². The third-order valence-corrected chi connectivity index (χ3v) is 5.63. The Labute approximate surface area is 174 Å². The lowest BCUT2D eigenvalue weighted by molar-refractivity contribution is 0.248. The number of urea groups is 1.